The number of rotatable bonds is 12. The van der Waals surface area contributed by atoms with Gasteiger partial charge in [0.05, 0.1) is 25.5 Å². The van der Waals surface area contributed by atoms with Gasteiger partial charge in [0.2, 0.25) is 29.5 Å². The number of hydrogen-bond donors (Lipinski definition) is 8. The molecule has 0 aliphatic heterocycles. The Labute approximate surface area is 159 Å². The third kappa shape index (κ3) is 8.91. The van der Waals surface area contributed by atoms with Crippen LogP contribution >= 0.6 is 0 Å². The molecular weight excluding hydrogens is 380 g/mol. The number of carbonyl (C=O) groups excluding carboxylic acids is 5. The van der Waals surface area contributed by atoms with Crippen LogP contribution in [-0.2, 0) is 28.8 Å². The Hall–Kier alpha value is -3.26. The number of aliphatic carboxylic acids is 1. The summed E-state index contributed by atoms with van der Waals surface area (Å²) in [6.45, 7) is 0.347. The van der Waals surface area contributed by atoms with E-state index in [0.717, 1.165) is 0 Å². The maximum absolute atomic E-state index is 12.1. The number of primary amides is 2. The zero-order valence-electron chi connectivity index (χ0n) is 15.0. The van der Waals surface area contributed by atoms with E-state index in [4.69, 9.17) is 22.3 Å². The van der Waals surface area contributed by atoms with E-state index in [1.54, 1.807) is 0 Å². The summed E-state index contributed by atoms with van der Waals surface area (Å²) in [6.07, 6.45) is -1.14. The molecule has 11 N–H and O–H groups in total. The minimum atomic E-state index is -1.59. The van der Waals surface area contributed by atoms with Crippen molar-refractivity contribution in [3.05, 3.63) is 0 Å². The molecule has 0 saturated heterocycles. The fourth-order valence-electron chi connectivity index (χ4n) is 1.86. The van der Waals surface area contributed by atoms with E-state index in [2.05, 4.69) is 10.6 Å². The van der Waals surface area contributed by atoms with Crippen molar-refractivity contribution in [3.8, 4) is 0 Å². The first-order chi connectivity index (χ1) is 12.9. The van der Waals surface area contributed by atoms with Crippen molar-refractivity contribution in [1.29, 1.82) is 0 Å². The van der Waals surface area contributed by atoms with E-state index in [1.807, 2.05) is 5.32 Å². The van der Waals surface area contributed by atoms with Gasteiger partial charge >= 0.3 is 5.97 Å². The van der Waals surface area contributed by atoms with Gasteiger partial charge in [-0.05, 0) is 6.92 Å². The van der Waals surface area contributed by atoms with Gasteiger partial charge in [0.1, 0.15) is 18.1 Å². The summed E-state index contributed by atoms with van der Waals surface area (Å²) in [5.41, 5.74) is 15.2. The molecule has 0 radical (unpaired) electrons. The van der Waals surface area contributed by atoms with E-state index in [-0.39, 0.29) is 0 Å². The highest BCUT2D eigenvalue weighted by Gasteiger charge is 2.28. The lowest BCUT2D eigenvalue weighted by Crippen LogP contribution is -2.57. The minimum absolute atomic E-state index is 0.485. The molecule has 0 fully saturated rings. The molecule has 0 aliphatic rings. The van der Waals surface area contributed by atoms with E-state index < -0.39 is 79.1 Å². The Morgan fingerprint density at radius 3 is 1.75 bits per heavy atom. The van der Waals surface area contributed by atoms with Crippen LogP contribution in [0.3, 0.4) is 0 Å². The Bertz CT molecular complexity index is 639. The van der Waals surface area contributed by atoms with Gasteiger partial charge in [0.25, 0.3) is 0 Å². The van der Waals surface area contributed by atoms with E-state index >= 15 is 0 Å². The summed E-state index contributed by atoms with van der Waals surface area (Å²) >= 11 is 0. The summed E-state index contributed by atoms with van der Waals surface area (Å²) in [4.78, 5) is 68.4. The van der Waals surface area contributed by atoms with Crippen molar-refractivity contribution in [2.75, 3.05) is 6.61 Å². The molecule has 28 heavy (non-hydrogen) atoms. The molecule has 4 atom stereocenters. The second-order valence-electron chi connectivity index (χ2n) is 5.82. The normalized spacial score (nSPS) is 14.7. The van der Waals surface area contributed by atoms with Crippen LogP contribution in [0.1, 0.15) is 19.8 Å². The zero-order valence-corrected chi connectivity index (χ0v) is 15.0. The molecule has 0 aromatic rings. The average molecular weight is 404 g/mol. The number of aliphatic hydroxyl groups is 1. The summed E-state index contributed by atoms with van der Waals surface area (Å²) in [5, 5.41) is 24.4. The molecule has 5 amide bonds. The first-order valence-electron chi connectivity index (χ1n) is 7.96. The summed E-state index contributed by atoms with van der Waals surface area (Å²) < 4.78 is 0. The molecule has 4 unspecified atom stereocenters. The third-order valence-corrected chi connectivity index (χ3v) is 3.35. The van der Waals surface area contributed by atoms with Crippen LogP contribution in [0.15, 0.2) is 0 Å². The van der Waals surface area contributed by atoms with Crippen LogP contribution in [0.5, 0.6) is 0 Å². The molecule has 0 rings (SSSR count). The van der Waals surface area contributed by atoms with Crippen LogP contribution < -0.4 is 33.2 Å². The first-order valence-corrected chi connectivity index (χ1v) is 7.96. The highest BCUT2D eigenvalue weighted by Crippen LogP contribution is 1.96. The molecule has 0 bridgehead atoms. The number of nitrogens with one attached hydrogen (secondary N) is 3. The molecule has 0 spiro atoms. The predicted molar refractivity (Wildman–Crippen MR) is 91.8 cm³/mol. The first kappa shape index (κ1) is 24.7. The maximum Gasteiger partial charge on any atom is 0.326 e. The molecule has 0 aromatic carbocycles. The lowest BCUT2D eigenvalue weighted by atomic mass is 10.1. The van der Waals surface area contributed by atoms with Gasteiger partial charge in [-0.1, -0.05) is 0 Å². The standard InChI is InChI=1S/C14H24N6O8/c1-5(11(24)19-7(14(27)28)3-10(17)23)18-13(26)8(4-21)20-12(25)6(15)2-9(16)22/h5-8,21H,2-4,15H2,1H3,(H2,16,22)(H2,17,23)(H,18,26)(H,19,24)(H,20,25)(H,27,28). The molecule has 0 saturated carbocycles. The van der Waals surface area contributed by atoms with Crippen molar-refractivity contribution < 1.29 is 39.0 Å². The monoisotopic (exact) mass is 404 g/mol. The van der Waals surface area contributed by atoms with Crippen LogP contribution in [-0.4, -0.2) is 76.5 Å². The van der Waals surface area contributed by atoms with Gasteiger partial charge in [-0.15, -0.1) is 0 Å². The van der Waals surface area contributed by atoms with E-state index in [9.17, 15) is 33.9 Å². The number of carbonyl (C=O) groups is 6. The third-order valence-electron chi connectivity index (χ3n) is 3.35. The summed E-state index contributed by atoms with van der Waals surface area (Å²) in [7, 11) is 0. The number of carboxylic acids is 1. The van der Waals surface area contributed by atoms with Crippen molar-refractivity contribution in [3.63, 3.8) is 0 Å². The van der Waals surface area contributed by atoms with Crippen LogP contribution in [0.2, 0.25) is 0 Å². The molecule has 14 heteroatoms. The van der Waals surface area contributed by atoms with Gasteiger partial charge in [0, 0.05) is 0 Å². The van der Waals surface area contributed by atoms with Crippen molar-refractivity contribution >= 4 is 35.5 Å². The van der Waals surface area contributed by atoms with Gasteiger partial charge in [-0.25, -0.2) is 4.79 Å². The van der Waals surface area contributed by atoms with Crippen LogP contribution in [0.25, 0.3) is 0 Å². The fourth-order valence-corrected chi connectivity index (χ4v) is 1.86. The van der Waals surface area contributed by atoms with Gasteiger partial charge in [-0.3, -0.25) is 24.0 Å². The molecular formula is C14H24N6O8. The average Bonchev–Trinajstić information content (AvgIpc) is 2.57. The summed E-state index contributed by atoms with van der Waals surface area (Å²) in [5.74, 6) is -6.17. The molecule has 0 heterocycles. The Morgan fingerprint density at radius 1 is 0.821 bits per heavy atom. The lowest BCUT2D eigenvalue weighted by Gasteiger charge is -2.22. The van der Waals surface area contributed by atoms with Crippen molar-refractivity contribution in [2.45, 2.75) is 43.9 Å². The number of amides is 5. The number of carboxylic acid groups (broad SMARTS) is 1. The number of hydrogen-bond acceptors (Lipinski definition) is 8. The van der Waals surface area contributed by atoms with Gasteiger partial charge in [-0.2, -0.15) is 0 Å². The highest BCUT2D eigenvalue weighted by molar-refractivity contribution is 5.95. The Kier molecular flexibility index (Phi) is 10.1. The fraction of sp³-hybridized carbons (Fsp3) is 0.571. The molecule has 0 aromatic heterocycles. The molecule has 0 aliphatic carbocycles. The predicted octanol–water partition coefficient (Wildman–Crippen LogP) is -5.38. The summed E-state index contributed by atoms with van der Waals surface area (Å²) in [6, 6.07) is -5.72. The smallest absolute Gasteiger partial charge is 0.326 e. The Morgan fingerprint density at radius 2 is 1.32 bits per heavy atom. The Balaban J connectivity index is 4.84. The minimum Gasteiger partial charge on any atom is -0.480 e. The van der Waals surface area contributed by atoms with E-state index in [0.29, 0.717) is 0 Å². The van der Waals surface area contributed by atoms with E-state index in [1.165, 1.54) is 6.92 Å². The van der Waals surface area contributed by atoms with Crippen LogP contribution in [0, 0.1) is 0 Å². The van der Waals surface area contributed by atoms with Crippen molar-refractivity contribution in [2.24, 2.45) is 17.2 Å². The number of aliphatic hydroxyl groups excluding tert-OH is 1. The quantitative estimate of drug-likeness (QED) is 0.154. The number of nitrogens with two attached hydrogens (primary N) is 3. The SMILES string of the molecule is CC(NC(=O)C(CO)NC(=O)C(N)CC(N)=O)C(=O)NC(CC(N)=O)C(=O)O. The van der Waals surface area contributed by atoms with Gasteiger partial charge < -0.3 is 43.4 Å². The second kappa shape index (κ2) is 11.5. The van der Waals surface area contributed by atoms with Crippen LogP contribution in [0.4, 0.5) is 0 Å². The molecule has 158 valence electrons. The van der Waals surface area contributed by atoms with Crippen molar-refractivity contribution in [1.82, 2.24) is 16.0 Å². The largest absolute Gasteiger partial charge is 0.480 e. The highest BCUT2D eigenvalue weighted by atomic mass is 16.4. The topological polar surface area (TPSA) is 257 Å². The molecule has 14 nitrogen and oxygen atoms in total. The zero-order chi connectivity index (χ0) is 22.0. The van der Waals surface area contributed by atoms with Gasteiger partial charge in [0.15, 0.2) is 0 Å². The maximum atomic E-state index is 12.1. The lowest BCUT2D eigenvalue weighted by molar-refractivity contribution is -0.143. The second-order valence-corrected chi connectivity index (χ2v) is 5.82.